The summed E-state index contributed by atoms with van der Waals surface area (Å²) in [4.78, 5) is 28.7. The molecule has 3 rings (SSSR count). The summed E-state index contributed by atoms with van der Waals surface area (Å²) in [6.07, 6.45) is 0.520. The molecule has 0 aliphatic rings. The molecule has 28 heavy (non-hydrogen) atoms. The van der Waals surface area contributed by atoms with Crippen molar-refractivity contribution >= 4 is 11.7 Å². The van der Waals surface area contributed by atoms with Crippen LogP contribution in [0.5, 0.6) is 0 Å². The SMILES string of the molecule is CC[C@@](C)(C(=O)c1ccccc1)N(Cc1ccccc1)C(=O)c1ccccc1. The Labute approximate surface area is 166 Å². The Hall–Kier alpha value is -3.20. The van der Waals surface area contributed by atoms with Gasteiger partial charge in [0, 0.05) is 17.7 Å². The second kappa shape index (κ2) is 8.66. The van der Waals surface area contributed by atoms with Gasteiger partial charge in [-0.1, -0.05) is 85.8 Å². The first-order valence-corrected chi connectivity index (χ1v) is 9.57. The van der Waals surface area contributed by atoms with E-state index < -0.39 is 5.54 Å². The van der Waals surface area contributed by atoms with E-state index in [1.807, 2.05) is 92.7 Å². The Morgan fingerprint density at radius 1 is 0.750 bits per heavy atom. The van der Waals surface area contributed by atoms with E-state index in [1.165, 1.54) is 0 Å². The molecule has 0 radical (unpaired) electrons. The zero-order valence-corrected chi connectivity index (χ0v) is 16.3. The summed E-state index contributed by atoms with van der Waals surface area (Å²) < 4.78 is 0. The summed E-state index contributed by atoms with van der Waals surface area (Å²) in [6, 6.07) is 28.2. The number of ketones is 1. The second-order valence-electron chi connectivity index (χ2n) is 7.07. The summed E-state index contributed by atoms with van der Waals surface area (Å²) in [5, 5.41) is 0. The Morgan fingerprint density at radius 2 is 1.21 bits per heavy atom. The van der Waals surface area contributed by atoms with Crippen molar-refractivity contribution < 1.29 is 9.59 Å². The molecule has 0 aromatic heterocycles. The van der Waals surface area contributed by atoms with Gasteiger partial charge in [0.25, 0.3) is 5.91 Å². The average molecular weight is 371 g/mol. The quantitative estimate of drug-likeness (QED) is 0.523. The van der Waals surface area contributed by atoms with Crippen molar-refractivity contribution in [1.82, 2.24) is 4.90 Å². The van der Waals surface area contributed by atoms with Gasteiger partial charge in [0.15, 0.2) is 5.78 Å². The van der Waals surface area contributed by atoms with Gasteiger partial charge in [-0.3, -0.25) is 9.59 Å². The van der Waals surface area contributed by atoms with Crippen molar-refractivity contribution in [1.29, 1.82) is 0 Å². The molecule has 1 atom stereocenters. The minimum absolute atomic E-state index is 0.0455. The van der Waals surface area contributed by atoms with E-state index in [0.717, 1.165) is 5.56 Å². The normalized spacial score (nSPS) is 12.8. The van der Waals surface area contributed by atoms with Crippen molar-refractivity contribution in [3.8, 4) is 0 Å². The van der Waals surface area contributed by atoms with Gasteiger partial charge in [0.2, 0.25) is 0 Å². The first kappa shape index (κ1) is 19.6. The van der Waals surface area contributed by atoms with Crippen molar-refractivity contribution in [3.63, 3.8) is 0 Å². The van der Waals surface area contributed by atoms with Gasteiger partial charge >= 0.3 is 0 Å². The Bertz CT molecular complexity index is 923. The van der Waals surface area contributed by atoms with Crippen molar-refractivity contribution in [2.75, 3.05) is 0 Å². The van der Waals surface area contributed by atoms with Crippen molar-refractivity contribution in [2.24, 2.45) is 0 Å². The summed E-state index contributed by atoms with van der Waals surface area (Å²) in [5.41, 5.74) is 1.24. The summed E-state index contributed by atoms with van der Waals surface area (Å²) in [6.45, 7) is 4.20. The van der Waals surface area contributed by atoms with Crippen LogP contribution in [-0.4, -0.2) is 22.1 Å². The first-order valence-electron chi connectivity index (χ1n) is 9.57. The number of carbonyl (C=O) groups excluding carboxylic acids is 2. The lowest BCUT2D eigenvalue weighted by molar-refractivity contribution is 0.0408. The van der Waals surface area contributed by atoms with Crippen LogP contribution in [0.4, 0.5) is 0 Å². The molecule has 0 aliphatic carbocycles. The lowest BCUT2D eigenvalue weighted by atomic mass is 9.85. The summed E-state index contributed by atoms with van der Waals surface area (Å²) in [7, 11) is 0. The van der Waals surface area contributed by atoms with Gasteiger partial charge in [-0.25, -0.2) is 0 Å². The number of amides is 1. The zero-order valence-electron chi connectivity index (χ0n) is 16.3. The molecule has 3 nitrogen and oxygen atoms in total. The highest BCUT2D eigenvalue weighted by molar-refractivity contribution is 6.06. The molecule has 0 N–H and O–H groups in total. The fourth-order valence-corrected chi connectivity index (χ4v) is 3.35. The van der Waals surface area contributed by atoms with Crippen molar-refractivity contribution in [2.45, 2.75) is 32.4 Å². The standard InChI is InChI=1S/C25H25NO2/c1-3-25(2,23(27)21-15-9-5-10-16-21)26(19-20-13-7-4-8-14-20)24(28)22-17-11-6-12-18-22/h4-18H,3,19H2,1-2H3/t25-/m0/s1. The smallest absolute Gasteiger partial charge is 0.254 e. The van der Waals surface area contributed by atoms with E-state index in [2.05, 4.69) is 0 Å². The molecule has 3 aromatic carbocycles. The molecule has 0 unspecified atom stereocenters. The number of carbonyl (C=O) groups is 2. The molecule has 0 saturated heterocycles. The second-order valence-corrected chi connectivity index (χ2v) is 7.07. The minimum atomic E-state index is -0.954. The third-order valence-corrected chi connectivity index (χ3v) is 5.26. The Balaban J connectivity index is 2.05. The molecule has 0 spiro atoms. The molecule has 0 aliphatic heterocycles. The molecule has 0 bridgehead atoms. The lowest BCUT2D eigenvalue weighted by Gasteiger charge is -2.40. The van der Waals surface area contributed by atoms with Crippen LogP contribution < -0.4 is 0 Å². The fourth-order valence-electron chi connectivity index (χ4n) is 3.35. The molecular weight excluding hydrogens is 346 g/mol. The van der Waals surface area contributed by atoms with Crippen LogP contribution in [0, 0.1) is 0 Å². The molecule has 1 amide bonds. The third kappa shape index (κ3) is 4.04. The van der Waals surface area contributed by atoms with E-state index in [9.17, 15) is 9.59 Å². The molecular formula is C25H25NO2. The zero-order chi connectivity index (χ0) is 20.0. The third-order valence-electron chi connectivity index (χ3n) is 5.26. The molecule has 0 heterocycles. The van der Waals surface area contributed by atoms with Crippen LogP contribution in [0.25, 0.3) is 0 Å². The molecule has 0 fully saturated rings. The topological polar surface area (TPSA) is 37.4 Å². The van der Waals surface area contributed by atoms with Gasteiger partial charge in [-0.05, 0) is 31.0 Å². The van der Waals surface area contributed by atoms with Gasteiger partial charge in [0.1, 0.15) is 5.54 Å². The monoisotopic (exact) mass is 371 g/mol. The van der Waals surface area contributed by atoms with Crippen LogP contribution in [-0.2, 0) is 6.54 Å². The van der Waals surface area contributed by atoms with Crippen molar-refractivity contribution in [3.05, 3.63) is 108 Å². The van der Waals surface area contributed by atoms with Crippen LogP contribution in [0.3, 0.4) is 0 Å². The average Bonchev–Trinajstić information content (AvgIpc) is 2.78. The number of hydrogen-bond donors (Lipinski definition) is 0. The number of nitrogens with zero attached hydrogens (tertiary/aromatic N) is 1. The number of Topliss-reactive ketones (excluding diaryl/α,β-unsaturated/α-hetero) is 1. The van der Waals surface area contributed by atoms with Crippen LogP contribution in [0.2, 0.25) is 0 Å². The highest BCUT2D eigenvalue weighted by Gasteiger charge is 2.41. The highest BCUT2D eigenvalue weighted by atomic mass is 16.2. The van der Waals surface area contributed by atoms with E-state index >= 15 is 0 Å². The lowest BCUT2D eigenvalue weighted by Crippen LogP contribution is -2.54. The predicted molar refractivity (Wildman–Crippen MR) is 112 cm³/mol. The maximum atomic E-state index is 13.5. The predicted octanol–water partition coefficient (Wildman–Crippen LogP) is 5.38. The van der Waals surface area contributed by atoms with E-state index in [-0.39, 0.29) is 11.7 Å². The van der Waals surface area contributed by atoms with Crippen LogP contribution >= 0.6 is 0 Å². The summed E-state index contributed by atoms with van der Waals surface area (Å²) >= 11 is 0. The minimum Gasteiger partial charge on any atom is -0.321 e. The van der Waals surface area contributed by atoms with Gasteiger partial charge in [0.05, 0.1) is 0 Å². The van der Waals surface area contributed by atoms with Gasteiger partial charge in [-0.15, -0.1) is 0 Å². The van der Waals surface area contributed by atoms with Gasteiger partial charge < -0.3 is 4.90 Å². The molecule has 3 aromatic rings. The summed E-state index contributed by atoms with van der Waals surface area (Å²) in [5.74, 6) is -0.186. The van der Waals surface area contributed by atoms with E-state index in [0.29, 0.717) is 24.1 Å². The Morgan fingerprint density at radius 3 is 1.71 bits per heavy atom. The van der Waals surface area contributed by atoms with E-state index in [1.54, 1.807) is 17.0 Å². The van der Waals surface area contributed by atoms with Crippen LogP contribution in [0.1, 0.15) is 46.5 Å². The first-order chi connectivity index (χ1) is 13.6. The number of benzene rings is 3. The maximum absolute atomic E-state index is 13.5. The molecule has 0 saturated carbocycles. The Kier molecular flexibility index (Phi) is 6.05. The largest absolute Gasteiger partial charge is 0.321 e. The molecule has 3 heteroatoms. The molecule has 142 valence electrons. The fraction of sp³-hybridized carbons (Fsp3) is 0.200. The maximum Gasteiger partial charge on any atom is 0.254 e. The van der Waals surface area contributed by atoms with E-state index in [4.69, 9.17) is 0 Å². The van der Waals surface area contributed by atoms with Crippen LogP contribution in [0.15, 0.2) is 91.0 Å². The number of hydrogen-bond acceptors (Lipinski definition) is 2. The highest BCUT2D eigenvalue weighted by Crippen LogP contribution is 2.28. The number of rotatable bonds is 7. The van der Waals surface area contributed by atoms with Gasteiger partial charge in [-0.2, -0.15) is 0 Å².